The van der Waals surface area contributed by atoms with Crippen molar-refractivity contribution < 1.29 is 9.59 Å². The van der Waals surface area contributed by atoms with Gasteiger partial charge in [0, 0.05) is 22.6 Å². The van der Waals surface area contributed by atoms with Crippen molar-refractivity contribution in [2.75, 3.05) is 0 Å². The second-order valence-corrected chi connectivity index (χ2v) is 4.71. The summed E-state index contributed by atoms with van der Waals surface area (Å²) in [6.45, 7) is 0. The van der Waals surface area contributed by atoms with Crippen molar-refractivity contribution in [2.24, 2.45) is 7.05 Å². The molecular formula is C12H7BrN2O2. The smallest absolute Gasteiger partial charge is 0.212 e. The van der Waals surface area contributed by atoms with Crippen LogP contribution in [0.3, 0.4) is 0 Å². The van der Waals surface area contributed by atoms with E-state index in [2.05, 4.69) is 21.0 Å². The average Bonchev–Trinajstić information content (AvgIpc) is 2.68. The number of aromatic nitrogens is 2. The quantitative estimate of drug-likeness (QED) is 0.636. The summed E-state index contributed by atoms with van der Waals surface area (Å²) in [6, 6.07) is 5.16. The molecule has 0 saturated heterocycles. The predicted molar refractivity (Wildman–Crippen MR) is 64.2 cm³/mol. The number of ketones is 2. The molecule has 0 amide bonds. The zero-order valence-electron chi connectivity index (χ0n) is 8.90. The van der Waals surface area contributed by atoms with Gasteiger partial charge < -0.3 is 0 Å². The van der Waals surface area contributed by atoms with Gasteiger partial charge in [-0.2, -0.15) is 5.10 Å². The number of rotatable bonds is 0. The molecule has 3 rings (SSSR count). The van der Waals surface area contributed by atoms with E-state index < -0.39 is 0 Å². The zero-order chi connectivity index (χ0) is 12.2. The van der Waals surface area contributed by atoms with Gasteiger partial charge in [-0.15, -0.1) is 0 Å². The number of hydrogen-bond donors (Lipinski definition) is 0. The summed E-state index contributed by atoms with van der Waals surface area (Å²) < 4.78 is 2.09. The van der Waals surface area contributed by atoms with E-state index in [-0.39, 0.29) is 11.6 Å². The van der Waals surface area contributed by atoms with Crippen molar-refractivity contribution in [3.05, 3.63) is 51.3 Å². The molecule has 0 atom stereocenters. The molecule has 1 aliphatic rings. The maximum atomic E-state index is 12.3. The maximum Gasteiger partial charge on any atom is 0.212 e. The summed E-state index contributed by atoms with van der Waals surface area (Å²) in [5.74, 6) is -0.314. The van der Waals surface area contributed by atoms with Gasteiger partial charge in [-0.1, -0.05) is 28.1 Å². The van der Waals surface area contributed by atoms with Crippen LogP contribution in [-0.4, -0.2) is 21.3 Å². The van der Waals surface area contributed by atoms with Gasteiger partial charge in [-0.3, -0.25) is 14.3 Å². The summed E-state index contributed by atoms with van der Waals surface area (Å²) in [6.07, 6.45) is 1.44. The van der Waals surface area contributed by atoms with E-state index in [1.54, 1.807) is 25.2 Å². The first-order valence-corrected chi connectivity index (χ1v) is 5.80. The average molecular weight is 291 g/mol. The van der Waals surface area contributed by atoms with Gasteiger partial charge in [0.25, 0.3) is 0 Å². The van der Waals surface area contributed by atoms with Crippen molar-refractivity contribution in [2.45, 2.75) is 0 Å². The molecule has 17 heavy (non-hydrogen) atoms. The SMILES string of the molecule is Cn1ncc2c1C(=O)c1cccc(Br)c1C2=O. The summed E-state index contributed by atoms with van der Waals surface area (Å²) in [5, 5.41) is 3.97. The lowest BCUT2D eigenvalue weighted by molar-refractivity contribution is 0.0973. The van der Waals surface area contributed by atoms with E-state index in [1.165, 1.54) is 10.9 Å². The molecule has 0 radical (unpaired) electrons. The first kappa shape index (κ1) is 10.4. The summed E-state index contributed by atoms with van der Waals surface area (Å²) >= 11 is 3.31. The number of hydrogen-bond acceptors (Lipinski definition) is 3. The Bertz CT molecular complexity index is 671. The zero-order valence-corrected chi connectivity index (χ0v) is 10.5. The molecule has 0 unspecified atom stereocenters. The minimum absolute atomic E-state index is 0.157. The molecule has 1 aromatic heterocycles. The van der Waals surface area contributed by atoms with Gasteiger partial charge in [0.05, 0.1) is 11.8 Å². The molecule has 0 N–H and O–H groups in total. The largest absolute Gasteiger partial charge is 0.288 e. The molecule has 1 aliphatic carbocycles. The first-order chi connectivity index (χ1) is 8.11. The summed E-state index contributed by atoms with van der Waals surface area (Å²) in [7, 11) is 1.66. The van der Waals surface area contributed by atoms with Crippen molar-refractivity contribution in [3.8, 4) is 0 Å². The molecule has 4 nitrogen and oxygen atoms in total. The van der Waals surface area contributed by atoms with E-state index in [4.69, 9.17) is 0 Å². The third-order valence-electron chi connectivity index (χ3n) is 2.88. The Morgan fingerprint density at radius 3 is 2.71 bits per heavy atom. The van der Waals surface area contributed by atoms with Gasteiger partial charge in [0.1, 0.15) is 5.69 Å². The number of benzene rings is 1. The predicted octanol–water partition coefficient (Wildman–Crippen LogP) is 1.96. The molecule has 0 aliphatic heterocycles. The Balaban J connectivity index is 2.39. The lowest BCUT2D eigenvalue weighted by Gasteiger charge is -2.15. The van der Waals surface area contributed by atoms with Gasteiger partial charge >= 0.3 is 0 Å². The van der Waals surface area contributed by atoms with Crippen LogP contribution in [-0.2, 0) is 7.05 Å². The first-order valence-electron chi connectivity index (χ1n) is 5.01. The van der Waals surface area contributed by atoms with Gasteiger partial charge in [0.15, 0.2) is 5.78 Å². The topological polar surface area (TPSA) is 52.0 Å². The maximum absolute atomic E-state index is 12.3. The molecule has 1 heterocycles. The van der Waals surface area contributed by atoms with Crippen LogP contribution < -0.4 is 0 Å². The van der Waals surface area contributed by atoms with Crippen molar-refractivity contribution in [3.63, 3.8) is 0 Å². The lowest BCUT2D eigenvalue weighted by atomic mass is 9.88. The second kappa shape index (κ2) is 3.37. The van der Waals surface area contributed by atoms with Gasteiger partial charge in [-0.05, 0) is 6.07 Å². The fourth-order valence-electron chi connectivity index (χ4n) is 2.08. The molecule has 0 fully saturated rings. The van der Waals surface area contributed by atoms with E-state index in [9.17, 15) is 9.59 Å². The Hall–Kier alpha value is -1.75. The standard InChI is InChI=1S/C12H7BrN2O2/c1-15-10-7(5-14-15)11(16)9-6(12(10)17)3-2-4-8(9)13/h2-5H,1H3. The normalized spacial score (nSPS) is 13.5. The Morgan fingerprint density at radius 2 is 1.94 bits per heavy atom. The number of carbonyl (C=O) groups excluding carboxylic acids is 2. The van der Waals surface area contributed by atoms with E-state index in [1.807, 2.05) is 0 Å². The second-order valence-electron chi connectivity index (χ2n) is 3.85. The monoisotopic (exact) mass is 290 g/mol. The molecule has 0 spiro atoms. The number of fused-ring (bicyclic) bond motifs is 2. The van der Waals surface area contributed by atoms with E-state index in [0.29, 0.717) is 26.9 Å². The van der Waals surface area contributed by atoms with Crippen molar-refractivity contribution in [1.29, 1.82) is 0 Å². The lowest BCUT2D eigenvalue weighted by Crippen LogP contribution is -2.22. The molecule has 5 heteroatoms. The minimum atomic E-state index is -0.157. The van der Waals surface area contributed by atoms with Crippen LogP contribution in [0, 0.1) is 0 Å². The Kier molecular flexibility index (Phi) is 2.06. The fourth-order valence-corrected chi connectivity index (χ4v) is 2.63. The number of halogens is 1. The molecule has 1 aromatic carbocycles. The van der Waals surface area contributed by atoms with Crippen LogP contribution in [0.1, 0.15) is 32.0 Å². The van der Waals surface area contributed by atoms with E-state index in [0.717, 1.165) is 0 Å². The number of nitrogens with zero attached hydrogens (tertiary/aromatic N) is 2. The molecule has 0 saturated carbocycles. The minimum Gasteiger partial charge on any atom is -0.288 e. The van der Waals surface area contributed by atoms with E-state index >= 15 is 0 Å². The number of aryl methyl sites for hydroxylation is 1. The highest BCUT2D eigenvalue weighted by atomic mass is 79.9. The molecule has 2 aromatic rings. The molecule has 0 bridgehead atoms. The summed E-state index contributed by atoms with van der Waals surface area (Å²) in [4.78, 5) is 24.5. The fraction of sp³-hybridized carbons (Fsp3) is 0.0833. The van der Waals surface area contributed by atoms with Crippen molar-refractivity contribution >= 4 is 27.5 Å². The number of carbonyl (C=O) groups is 2. The van der Waals surface area contributed by atoms with Crippen LogP contribution in [0.15, 0.2) is 28.9 Å². The van der Waals surface area contributed by atoms with Gasteiger partial charge in [0.2, 0.25) is 5.78 Å². The Morgan fingerprint density at radius 1 is 1.18 bits per heavy atom. The highest BCUT2D eigenvalue weighted by Gasteiger charge is 2.33. The summed E-state index contributed by atoms with van der Waals surface area (Å²) in [5.41, 5.74) is 1.59. The van der Waals surface area contributed by atoms with Crippen LogP contribution in [0.2, 0.25) is 0 Å². The van der Waals surface area contributed by atoms with Crippen LogP contribution in [0.5, 0.6) is 0 Å². The van der Waals surface area contributed by atoms with Gasteiger partial charge in [-0.25, -0.2) is 0 Å². The highest BCUT2D eigenvalue weighted by Crippen LogP contribution is 2.31. The highest BCUT2D eigenvalue weighted by molar-refractivity contribution is 9.10. The Labute approximate surface area is 105 Å². The third kappa shape index (κ3) is 1.26. The molecule has 84 valence electrons. The molecular weight excluding hydrogens is 284 g/mol. The van der Waals surface area contributed by atoms with Crippen LogP contribution in [0.4, 0.5) is 0 Å². The third-order valence-corrected chi connectivity index (χ3v) is 3.54. The van der Waals surface area contributed by atoms with Crippen LogP contribution in [0.25, 0.3) is 0 Å². The van der Waals surface area contributed by atoms with Crippen LogP contribution >= 0.6 is 15.9 Å². The van der Waals surface area contributed by atoms with Crippen molar-refractivity contribution in [1.82, 2.24) is 9.78 Å².